The van der Waals surface area contributed by atoms with Crippen LogP contribution in [0, 0.1) is 0 Å². The number of hydrogen-bond acceptors (Lipinski definition) is 5. The fraction of sp³-hybridized carbons (Fsp3) is 0.182. The number of carbonyl (C=O) groups excluding carboxylic acids is 1. The zero-order valence-electron chi connectivity index (χ0n) is 16.5. The van der Waals surface area contributed by atoms with E-state index in [1.807, 2.05) is 30.3 Å². The summed E-state index contributed by atoms with van der Waals surface area (Å²) in [5, 5.41) is 7.57. The summed E-state index contributed by atoms with van der Waals surface area (Å²) in [6.45, 7) is 1.21. The lowest BCUT2D eigenvalue weighted by Gasteiger charge is -2.08. The summed E-state index contributed by atoms with van der Waals surface area (Å²) in [5.74, 6) is 0.505. The Hall–Kier alpha value is -3.94. The van der Waals surface area contributed by atoms with Gasteiger partial charge in [0.15, 0.2) is 5.65 Å². The van der Waals surface area contributed by atoms with Crippen LogP contribution in [0.4, 0.5) is 0 Å². The molecule has 30 heavy (non-hydrogen) atoms. The smallest absolute Gasteiger partial charge is 0.264 e. The SMILES string of the molecule is COc1ccc(C(=O)NCCn2ncc3c(=O)n(Cc4ccccc4)cnc32)cc1. The Morgan fingerprint density at radius 1 is 1.10 bits per heavy atom. The first kappa shape index (κ1) is 19.4. The van der Waals surface area contributed by atoms with Crippen molar-refractivity contribution < 1.29 is 9.53 Å². The topological polar surface area (TPSA) is 91.0 Å². The maximum absolute atomic E-state index is 12.8. The second kappa shape index (κ2) is 8.60. The van der Waals surface area contributed by atoms with Crippen molar-refractivity contribution in [1.29, 1.82) is 0 Å². The molecule has 0 aliphatic heterocycles. The fourth-order valence-electron chi connectivity index (χ4n) is 3.17. The van der Waals surface area contributed by atoms with E-state index in [0.717, 1.165) is 5.56 Å². The molecule has 152 valence electrons. The van der Waals surface area contributed by atoms with Gasteiger partial charge in [-0.1, -0.05) is 30.3 Å². The molecule has 8 heteroatoms. The van der Waals surface area contributed by atoms with Crippen molar-refractivity contribution in [3.05, 3.63) is 88.6 Å². The van der Waals surface area contributed by atoms with Gasteiger partial charge < -0.3 is 10.1 Å². The van der Waals surface area contributed by atoms with E-state index in [2.05, 4.69) is 15.4 Å². The van der Waals surface area contributed by atoms with Crippen molar-refractivity contribution in [1.82, 2.24) is 24.6 Å². The number of fused-ring (bicyclic) bond motifs is 1. The number of nitrogens with zero attached hydrogens (tertiary/aromatic N) is 4. The average Bonchev–Trinajstić information content (AvgIpc) is 3.20. The minimum atomic E-state index is -0.188. The normalized spacial score (nSPS) is 10.8. The van der Waals surface area contributed by atoms with Gasteiger partial charge in [0.25, 0.3) is 11.5 Å². The van der Waals surface area contributed by atoms with E-state index in [-0.39, 0.29) is 11.5 Å². The molecule has 0 saturated carbocycles. The predicted octanol–water partition coefficient (Wildman–Crippen LogP) is 2.08. The van der Waals surface area contributed by atoms with Gasteiger partial charge in [0.2, 0.25) is 0 Å². The minimum Gasteiger partial charge on any atom is -0.497 e. The van der Waals surface area contributed by atoms with Crippen LogP contribution in [0.3, 0.4) is 0 Å². The van der Waals surface area contributed by atoms with E-state index < -0.39 is 0 Å². The van der Waals surface area contributed by atoms with Crippen molar-refractivity contribution in [2.24, 2.45) is 0 Å². The molecule has 2 aromatic heterocycles. The summed E-state index contributed by atoms with van der Waals surface area (Å²) in [4.78, 5) is 29.4. The lowest BCUT2D eigenvalue weighted by Crippen LogP contribution is -2.27. The van der Waals surface area contributed by atoms with Crippen molar-refractivity contribution >= 4 is 16.9 Å². The van der Waals surface area contributed by atoms with Crippen LogP contribution in [0.5, 0.6) is 5.75 Å². The molecule has 0 aliphatic carbocycles. The third kappa shape index (κ3) is 4.07. The van der Waals surface area contributed by atoms with Crippen LogP contribution in [-0.4, -0.2) is 38.9 Å². The molecule has 0 unspecified atom stereocenters. The van der Waals surface area contributed by atoms with E-state index in [9.17, 15) is 9.59 Å². The first-order valence-corrected chi connectivity index (χ1v) is 9.53. The minimum absolute atomic E-state index is 0.141. The van der Waals surface area contributed by atoms with Crippen molar-refractivity contribution in [3.8, 4) is 5.75 Å². The number of carbonyl (C=O) groups is 1. The molecule has 2 aromatic carbocycles. The van der Waals surface area contributed by atoms with Crippen LogP contribution in [-0.2, 0) is 13.1 Å². The summed E-state index contributed by atoms with van der Waals surface area (Å²) in [7, 11) is 1.58. The molecule has 0 radical (unpaired) electrons. The molecule has 2 heterocycles. The monoisotopic (exact) mass is 403 g/mol. The summed E-state index contributed by atoms with van der Waals surface area (Å²) in [5.41, 5.74) is 1.93. The van der Waals surface area contributed by atoms with Gasteiger partial charge in [-0.05, 0) is 29.8 Å². The molecule has 0 saturated heterocycles. The number of aromatic nitrogens is 4. The molecule has 0 fully saturated rings. The van der Waals surface area contributed by atoms with Crippen molar-refractivity contribution in [2.75, 3.05) is 13.7 Å². The van der Waals surface area contributed by atoms with Gasteiger partial charge in [0.1, 0.15) is 17.5 Å². The van der Waals surface area contributed by atoms with Gasteiger partial charge >= 0.3 is 0 Å². The Morgan fingerprint density at radius 2 is 1.87 bits per heavy atom. The lowest BCUT2D eigenvalue weighted by atomic mass is 10.2. The Labute approximate surface area is 172 Å². The fourth-order valence-corrected chi connectivity index (χ4v) is 3.17. The number of nitrogens with one attached hydrogen (secondary N) is 1. The number of ether oxygens (including phenoxy) is 1. The third-order valence-electron chi connectivity index (χ3n) is 4.78. The quantitative estimate of drug-likeness (QED) is 0.510. The van der Waals surface area contributed by atoms with E-state index in [4.69, 9.17) is 4.74 Å². The standard InChI is InChI=1S/C22H21N5O3/c1-30-18-9-7-17(8-10-18)21(28)23-11-12-27-20-19(13-25-27)22(29)26(15-24-20)14-16-5-3-2-4-6-16/h2-10,13,15H,11-12,14H2,1H3,(H,23,28). The molecule has 1 amide bonds. The molecular formula is C22H21N5O3. The van der Waals surface area contributed by atoms with Crippen LogP contribution < -0.4 is 15.6 Å². The van der Waals surface area contributed by atoms with Gasteiger partial charge in [-0.15, -0.1) is 0 Å². The van der Waals surface area contributed by atoms with Crippen molar-refractivity contribution in [3.63, 3.8) is 0 Å². The number of methoxy groups -OCH3 is 1. The van der Waals surface area contributed by atoms with Gasteiger partial charge in [0, 0.05) is 12.1 Å². The molecule has 0 spiro atoms. The lowest BCUT2D eigenvalue weighted by molar-refractivity contribution is 0.0952. The largest absolute Gasteiger partial charge is 0.497 e. The zero-order chi connectivity index (χ0) is 20.9. The van der Waals surface area contributed by atoms with E-state index in [1.165, 1.54) is 12.5 Å². The summed E-state index contributed by atoms with van der Waals surface area (Å²) < 4.78 is 8.28. The maximum atomic E-state index is 12.8. The maximum Gasteiger partial charge on any atom is 0.264 e. The predicted molar refractivity (Wildman–Crippen MR) is 113 cm³/mol. The third-order valence-corrected chi connectivity index (χ3v) is 4.78. The van der Waals surface area contributed by atoms with Gasteiger partial charge in [0.05, 0.1) is 26.4 Å². The van der Waals surface area contributed by atoms with E-state index in [1.54, 1.807) is 40.6 Å². The highest BCUT2D eigenvalue weighted by Crippen LogP contribution is 2.11. The first-order chi connectivity index (χ1) is 14.7. The molecule has 4 aromatic rings. The van der Waals surface area contributed by atoms with Gasteiger partial charge in [-0.3, -0.25) is 14.2 Å². The van der Waals surface area contributed by atoms with E-state index in [0.29, 0.717) is 42.0 Å². The second-order valence-corrected chi connectivity index (χ2v) is 6.75. The van der Waals surface area contributed by atoms with Gasteiger partial charge in [-0.25, -0.2) is 9.67 Å². The molecule has 0 atom stereocenters. The Balaban J connectivity index is 1.43. The number of rotatable bonds is 7. The molecule has 8 nitrogen and oxygen atoms in total. The highest BCUT2D eigenvalue weighted by molar-refractivity contribution is 5.94. The summed E-state index contributed by atoms with van der Waals surface area (Å²) >= 11 is 0. The highest BCUT2D eigenvalue weighted by Gasteiger charge is 2.11. The molecule has 1 N–H and O–H groups in total. The van der Waals surface area contributed by atoms with Gasteiger partial charge in [-0.2, -0.15) is 5.10 Å². The van der Waals surface area contributed by atoms with Crippen LogP contribution >= 0.6 is 0 Å². The van der Waals surface area contributed by atoms with Crippen molar-refractivity contribution in [2.45, 2.75) is 13.1 Å². The highest BCUT2D eigenvalue weighted by atomic mass is 16.5. The summed E-state index contributed by atoms with van der Waals surface area (Å²) in [6.07, 6.45) is 3.06. The molecule has 0 aliphatic rings. The Bertz CT molecular complexity index is 1210. The zero-order valence-corrected chi connectivity index (χ0v) is 16.5. The molecular weight excluding hydrogens is 382 g/mol. The second-order valence-electron chi connectivity index (χ2n) is 6.75. The molecule has 4 rings (SSSR count). The average molecular weight is 403 g/mol. The van der Waals surface area contributed by atoms with E-state index >= 15 is 0 Å². The van der Waals surface area contributed by atoms with Crippen LogP contribution in [0.15, 0.2) is 71.9 Å². The Kier molecular flexibility index (Phi) is 5.56. The van der Waals surface area contributed by atoms with Crippen LogP contribution in [0.2, 0.25) is 0 Å². The number of hydrogen-bond donors (Lipinski definition) is 1. The van der Waals surface area contributed by atoms with Crippen LogP contribution in [0.1, 0.15) is 15.9 Å². The first-order valence-electron chi connectivity index (χ1n) is 9.53. The number of amides is 1. The Morgan fingerprint density at radius 3 is 2.60 bits per heavy atom. The number of benzene rings is 2. The van der Waals surface area contributed by atoms with Crippen LogP contribution in [0.25, 0.3) is 11.0 Å². The molecule has 0 bridgehead atoms. The summed E-state index contributed by atoms with van der Waals surface area (Å²) in [6, 6.07) is 16.6.